The highest BCUT2D eigenvalue weighted by Gasteiger charge is 2.19. The molecule has 20 heavy (non-hydrogen) atoms. The summed E-state index contributed by atoms with van der Waals surface area (Å²) in [5.41, 5.74) is 0. The lowest BCUT2D eigenvalue weighted by molar-refractivity contribution is 0.0685. The molecule has 0 aliphatic rings. The third kappa shape index (κ3) is 18.7. The van der Waals surface area contributed by atoms with E-state index in [-0.39, 0.29) is 0 Å². The minimum absolute atomic E-state index is 0.703. The smallest absolute Gasteiger partial charge is 0.248 e. The van der Waals surface area contributed by atoms with Crippen LogP contribution >= 0.6 is 22.2 Å². The van der Waals surface area contributed by atoms with Crippen LogP contribution in [0.25, 0.3) is 0 Å². The molecule has 0 amide bonds. The number of hydrogen-bond donors (Lipinski definition) is 0. The van der Waals surface area contributed by atoms with Crippen LogP contribution in [0.4, 0.5) is 0 Å². The lowest BCUT2D eigenvalue weighted by Crippen LogP contribution is -2.11. The quantitative estimate of drug-likeness (QED) is 0.215. The second-order valence-corrected chi connectivity index (χ2v) is 13.8. The van der Waals surface area contributed by atoms with E-state index in [2.05, 4.69) is 0 Å². The molecule has 0 heterocycles. The Morgan fingerprint density at radius 1 is 0.700 bits per heavy atom. The van der Waals surface area contributed by atoms with Crippen molar-refractivity contribution >= 4 is 28.9 Å². The monoisotopic (exact) mass is 342 g/mol. The standard InChI is InChI=1S/C15H32Cl2O2Si/c1-18-13-14-19-12-10-8-6-4-3-5-7-9-11-15-20(2,16)17/h3-15H2,1-2H3. The summed E-state index contributed by atoms with van der Waals surface area (Å²) in [7, 11) is 1.70. The molecular formula is C15H32Cl2O2Si. The predicted octanol–water partition coefficient (Wildman–Crippen LogP) is 5.71. The molecule has 0 spiro atoms. The van der Waals surface area contributed by atoms with Gasteiger partial charge in [0.15, 0.2) is 0 Å². The van der Waals surface area contributed by atoms with Crippen LogP contribution < -0.4 is 0 Å². The number of rotatable bonds is 15. The van der Waals surface area contributed by atoms with Gasteiger partial charge in [0.25, 0.3) is 0 Å². The van der Waals surface area contributed by atoms with Crippen molar-refractivity contribution in [2.45, 2.75) is 70.4 Å². The minimum Gasteiger partial charge on any atom is -0.382 e. The average Bonchev–Trinajstić information content (AvgIpc) is 2.38. The van der Waals surface area contributed by atoms with Gasteiger partial charge in [-0.05, 0) is 19.0 Å². The van der Waals surface area contributed by atoms with E-state index in [0.29, 0.717) is 6.61 Å². The Morgan fingerprint density at radius 2 is 1.20 bits per heavy atom. The second-order valence-electron chi connectivity index (χ2n) is 5.61. The Labute approximate surface area is 135 Å². The third-order valence-corrected chi connectivity index (χ3v) is 5.70. The number of methoxy groups -OCH3 is 1. The molecule has 0 rings (SSSR count). The highest BCUT2D eigenvalue weighted by molar-refractivity contribution is 7.44. The zero-order chi connectivity index (χ0) is 15.1. The van der Waals surface area contributed by atoms with Gasteiger partial charge in [-0.2, -0.15) is 0 Å². The van der Waals surface area contributed by atoms with Gasteiger partial charge in [-0.15, -0.1) is 22.2 Å². The summed E-state index contributed by atoms with van der Waals surface area (Å²) in [6, 6.07) is 1.04. The van der Waals surface area contributed by atoms with Crippen molar-refractivity contribution < 1.29 is 9.47 Å². The zero-order valence-corrected chi connectivity index (χ0v) is 15.8. The first-order valence-corrected chi connectivity index (χ1v) is 12.7. The van der Waals surface area contributed by atoms with E-state index in [1.807, 2.05) is 6.55 Å². The Hall–Kier alpha value is 0.717. The van der Waals surface area contributed by atoms with E-state index in [0.717, 1.165) is 19.3 Å². The first-order valence-electron chi connectivity index (χ1n) is 8.01. The van der Waals surface area contributed by atoms with Gasteiger partial charge in [0, 0.05) is 13.7 Å². The van der Waals surface area contributed by atoms with Gasteiger partial charge in [0.2, 0.25) is 6.69 Å². The molecule has 0 saturated heterocycles. The average molecular weight is 343 g/mol. The van der Waals surface area contributed by atoms with E-state index in [1.165, 1.54) is 57.8 Å². The van der Waals surface area contributed by atoms with Crippen molar-refractivity contribution in [3.05, 3.63) is 0 Å². The predicted molar refractivity (Wildman–Crippen MR) is 92.4 cm³/mol. The van der Waals surface area contributed by atoms with Crippen molar-refractivity contribution in [3.8, 4) is 0 Å². The Balaban J connectivity index is 2.99. The second kappa shape index (κ2) is 14.6. The first kappa shape index (κ1) is 20.7. The maximum Gasteiger partial charge on any atom is 0.248 e. The molecule has 0 saturated carbocycles. The van der Waals surface area contributed by atoms with Crippen LogP contribution in [-0.2, 0) is 9.47 Å². The summed E-state index contributed by atoms with van der Waals surface area (Å²) >= 11 is 12.1. The summed E-state index contributed by atoms with van der Waals surface area (Å²) in [5, 5.41) is 0. The molecule has 0 fully saturated rings. The molecule has 0 aliphatic heterocycles. The topological polar surface area (TPSA) is 18.5 Å². The lowest BCUT2D eigenvalue weighted by Gasteiger charge is -2.09. The fourth-order valence-electron chi connectivity index (χ4n) is 2.12. The van der Waals surface area contributed by atoms with Gasteiger partial charge in [-0.25, -0.2) is 0 Å². The first-order chi connectivity index (χ1) is 9.56. The summed E-state index contributed by atoms with van der Waals surface area (Å²) in [4.78, 5) is 0. The Kier molecular flexibility index (Phi) is 15.2. The Bertz CT molecular complexity index is 199. The van der Waals surface area contributed by atoms with Crippen LogP contribution in [0.1, 0.15) is 57.8 Å². The summed E-state index contributed by atoms with van der Waals surface area (Å²) < 4.78 is 10.4. The van der Waals surface area contributed by atoms with E-state index in [1.54, 1.807) is 7.11 Å². The van der Waals surface area contributed by atoms with Gasteiger partial charge in [0.1, 0.15) is 0 Å². The molecule has 0 bridgehead atoms. The van der Waals surface area contributed by atoms with Crippen LogP contribution in [0.5, 0.6) is 0 Å². The van der Waals surface area contributed by atoms with Gasteiger partial charge in [-0.3, -0.25) is 0 Å². The van der Waals surface area contributed by atoms with Crippen LogP contribution in [0.2, 0.25) is 12.6 Å². The van der Waals surface area contributed by atoms with Crippen molar-refractivity contribution in [1.82, 2.24) is 0 Å². The van der Waals surface area contributed by atoms with Gasteiger partial charge >= 0.3 is 0 Å². The molecule has 0 aromatic carbocycles. The molecule has 5 heteroatoms. The van der Waals surface area contributed by atoms with Crippen LogP contribution in [-0.4, -0.2) is 33.6 Å². The highest BCUT2D eigenvalue weighted by atomic mass is 35.7. The number of halogens is 2. The van der Waals surface area contributed by atoms with Crippen LogP contribution in [0.15, 0.2) is 0 Å². The maximum atomic E-state index is 6.07. The van der Waals surface area contributed by atoms with E-state index in [9.17, 15) is 0 Å². The largest absolute Gasteiger partial charge is 0.382 e. The molecule has 0 atom stereocenters. The van der Waals surface area contributed by atoms with Crippen molar-refractivity contribution in [2.75, 3.05) is 26.9 Å². The molecule has 122 valence electrons. The maximum absolute atomic E-state index is 6.07. The van der Waals surface area contributed by atoms with Crippen molar-refractivity contribution in [3.63, 3.8) is 0 Å². The van der Waals surface area contributed by atoms with Crippen LogP contribution in [0, 0.1) is 0 Å². The number of ether oxygens (including phenoxy) is 2. The number of unbranched alkanes of at least 4 members (excludes halogenated alkanes) is 8. The van der Waals surface area contributed by atoms with Crippen molar-refractivity contribution in [2.24, 2.45) is 0 Å². The number of hydrogen-bond acceptors (Lipinski definition) is 2. The molecule has 0 unspecified atom stereocenters. The summed E-state index contributed by atoms with van der Waals surface area (Å²) in [6.45, 7) is 2.48. The molecule has 0 aliphatic carbocycles. The van der Waals surface area contributed by atoms with Gasteiger partial charge in [-0.1, -0.05) is 51.4 Å². The fraction of sp³-hybridized carbons (Fsp3) is 1.00. The van der Waals surface area contributed by atoms with Crippen molar-refractivity contribution in [1.29, 1.82) is 0 Å². The molecule has 2 nitrogen and oxygen atoms in total. The van der Waals surface area contributed by atoms with E-state index in [4.69, 9.17) is 31.6 Å². The van der Waals surface area contributed by atoms with Crippen LogP contribution in [0.3, 0.4) is 0 Å². The van der Waals surface area contributed by atoms with E-state index >= 15 is 0 Å². The molecule has 0 aromatic heterocycles. The highest BCUT2D eigenvalue weighted by Crippen LogP contribution is 2.23. The molecule has 0 radical (unpaired) electrons. The lowest BCUT2D eigenvalue weighted by atomic mass is 10.1. The van der Waals surface area contributed by atoms with E-state index < -0.39 is 6.69 Å². The SMILES string of the molecule is COCCOCCCCCCCCCCC[Si](C)(Cl)Cl. The fourth-order valence-corrected chi connectivity index (χ4v) is 3.79. The molecular weight excluding hydrogens is 311 g/mol. The zero-order valence-electron chi connectivity index (χ0n) is 13.3. The van der Waals surface area contributed by atoms with Gasteiger partial charge < -0.3 is 9.47 Å². The third-order valence-electron chi connectivity index (χ3n) is 3.34. The summed E-state index contributed by atoms with van der Waals surface area (Å²) in [5.74, 6) is 0. The minimum atomic E-state index is -1.84. The summed E-state index contributed by atoms with van der Waals surface area (Å²) in [6.07, 6.45) is 11.7. The Morgan fingerprint density at radius 3 is 1.70 bits per heavy atom. The normalized spacial score (nSPS) is 12.0. The van der Waals surface area contributed by atoms with Gasteiger partial charge in [0.05, 0.1) is 13.2 Å². The molecule has 0 N–H and O–H groups in total. The molecule has 0 aromatic rings.